The Morgan fingerprint density at radius 2 is 1.83 bits per heavy atom. The molecule has 0 fully saturated rings. The van der Waals surface area contributed by atoms with Crippen LogP contribution in [0.3, 0.4) is 0 Å². The molecule has 0 heterocycles. The molecule has 6 nitrogen and oxygen atoms in total. The number of amides is 1. The number of benzene rings is 2. The van der Waals surface area contributed by atoms with Crippen molar-refractivity contribution in [2.75, 3.05) is 22.4 Å². The van der Waals surface area contributed by atoms with Crippen molar-refractivity contribution in [1.29, 1.82) is 5.26 Å². The monoisotopic (exact) mass is 363 g/mol. The lowest BCUT2D eigenvalue weighted by molar-refractivity contribution is -0.114. The smallest absolute Gasteiger partial charge is 0.245 e. The molecule has 0 aliphatic carbocycles. The van der Waals surface area contributed by atoms with Crippen LogP contribution in [0, 0.1) is 11.3 Å². The van der Waals surface area contributed by atoms with Crippen molar-refractivity contribution in [3.8, 4) is 6.07 Å². The first kappa shape index (κ1) is 17.8. The lowest BCUT2D eigenvalue weighted by Gasteiger charge is -2.22. The third-order valence-corrected chi connectivity index (χ3v) is 4.55. The summed E-state index contributed by atoms with van der Waals surface area (Å²) in [6.07, 6.45) is 1.01. The number of hydrogen-bond donors (Lipinski definition) is 1. The van der Waals surface area contributed by atoms with Crippen molar-refractivity contribution in [1.82, 2.24) is 0 Å². The highest BCUT2D eigenvalue weighted by molar-refractivity contribution is 7.92. The Balaban J connectivity index is 2.19. The quantitative estimate of drug-likeness (QED) is 0.884. The minimum atomic E-state index is -3.69. The molecule has 0 aromatic heterocycles. The molecule has 0 bridgehead atoms. The van der Waals surface area contributed by atoms with Gasteiger partial charge in [0.05, 0.1) is 28.6 Å². The first-order valence-corrected chi connectivity index (χ1v) is 9.06. The molecular weight excluding hydrogens is 350 g/mol. The summed E-state index contributed by atoms with van der Waals surface area (Å²) in [6.45, 7) is -0.414. The van der Waals surface area contributed by atoms with Gasteiger partial charge in [0.1, 0.15) is 6.54 Å². The van der Waals surface area contributed by atoms with E-state index in [1.54, 1.807) is 42.5 Å². The van der Waals surface area contributed by atoms with Crippen LogP contribution in [0.25, 0.3) is 0 Å². The lowest BCUT2D eigenvalue weighted by atomic mass is 10.2. The van der Waals surface area contributed by atoms with Gasteiger partial charge in [-0.15, -0.1) is 0 Å². The molecular formula is C16H14ClN3O3S. The van der Waals surface area contributed by atoms with Crippen LogP contribution in [-0.4, -0.2) is 27.1 Å². The largest absolute Gasteiger partial charge is 0.325 e. The minimum Gasteiger partial charge on any atom is -0.325 e. The predicted molar refractivity (Wildman–Crippen MR) is 93.4 cm³/mol. The summed E-state index contributed by atoms with van der Waals surface area (Å²) in [5.41, 5.74) is 1.16. The van der Waals surface area contributed by atoms with Crippen LogP contribution >= 0.6 is 11.6 Å². The summed E-state index contributed by atoms with van der Waals surface area (Å²) in [4.78, 5) is 12.2. The van der Waals surface area contributed by atoms with Crippen molar-refractivity contribution in [3.63, 3.8) is 0 Å². The number of nitrogens with zero attached hydrogens (tertiary/aromatic N) is 2. The molecule has 0 spiro atoms. The van der Waals surface area contributed by atoms with E-state index < -0.39 is 22.5 Å². The molecule has 8 heteroatoms. The molecule has 2 aromatic rings. The SMILES string of the molecule is CS(=O)(=O)N(CC(=O)Nc1ccc(C#N)cc1)c1ccccc1Cl. The number of nitriles is 1. The number of sulfonamides is 1. The number of nitrogens with one attached hydrogen (secondary N) is 1. The van der Waals surface area contributed by atoms with Crippen LogP contribution in [0.4, 0.5) is 11.4 Å². The van der Waals surface area contributed by atoms with Crippen LogP contribution in [0.1, 0.15) is 5.56 Å². The fraction of sp³-hybridized carbons (Fsp3) is 0.125. The molecule has 0 aliphatic heterocycles. The predicted octanol–water partition coefficient (Wildman–Crippen LogP) is 2.62. The van der Waals surface area contributed by atoms with Gasteiger partial charge in [-0.3, -0.25) is 9.10 Å². The van der Waals surface area contributed by atoms with E-state index in [9.17, 15) is 13.2 Å². The van der Waals surface area contributed by atoms with Gasteiger partial charge in [-0.05, 0) is 36.4 Å². The maximum absolute atomic E-state index is 12.2. The van der Waals surface area contributed by atoms with Crippen LogP contribution in [-0.2, 0) is 14.8 Å². The van der Waals surface area contributed by atoms with Gasteiger partial charge < -0.3 is 5.32 Å². The zero-order valence-electron chi connectivity index (χ0n) is 12.7. The van der Waals surface area contributed by atoms with Crippen LogP contribution < -0.4 is 9.62 Å². The first-order chi connectivity index (χ1) is 11.3. The standard InChI is InChI=1S/C16H14ClN3O3S/c1-24(22,23)20(15-5-3-2-4-14(15)17)11-16(21)19-13-8-6-12(10-18)7-9-13/h2-9H,11H2,1H3,(H,19,21). The van der Waals surface area contributed by atoms with E-state index in [2.05, 4.69) is 5.32 Å². The molecule has 24 heavy (non-hydrogen) atoms. The van der Waals surface area contributed by atoms with E-state index >= 15 is 0 Å². The Bertz CT molecular complexity index is 890. The average molecular weight is 364 g/mol. The van der Waals surface area contributed by atoms with Gasteiger partial charge in [0.25, 0.3) is 0 Å². The molecule has 1 amide bonds. The highest BCUT2D eigenvalue weighted by Gasteiger charge is 2.22. The Labute approximate surface area is 145 Å². The first-order valence-electron chi connectivity index (χ1n) is 6.83. The second-order valence-corrected chi connectivity index (χ2v) is 7.27. The Morgan fingerprint density at radius 1 is 1.21 bits per heavy atom. The molecule has 124 valence electrons. The molecule has 0 aliphatic rings. The second kappa shape index (κ2) is 7.34. The van der Waals surface area contributed by atoms with Crippen molar-refractivity contribution >= 4 is 38.9 Å². The molecule has 0 radical (unpaired) electrons. The van der Waals surface area contributed by atoms with E-state index in [0.29, 0.717) is 11.3 Å². The minimum absolute atomic E-state index is 0.231. The van der Waals surface area contributed by atoms with E-state index in [-0.39, 0.29) is 10.7 Å². The summed E-state index contributed by atoms with van der Waals surface area (Å²) in [5.74, 6) is -0.523. The van der Waals surface area contributed by atoms with Gasteiger partial charge in [0.2, 0.25) is 15.9 Å². The maximum Gasteiger partial charge on any atom is 0.245 e. The highest BCUT2D eigenvalue weighted by atomic mass is 35.5. The van der Waals surface area contributed by atoms with Gasteiger partial charge in [-0.2, -0.15) is 5.26 Å². The molecule has 1 N–H and O–H groups in total. The van der Waals surface area contributed by atoms with Gasteiger partial charge in [0, 0.05) is 5.69 Å². The summed E-state index contributed by atoms with van der Waals surface area (Å²) < 4.78 is 25.0. The van der Waals surface area contributed by atoms with Crippen LogP contribution in [0.2, 0.25) is 5.02 Å². The summed E-state index contributed by atoms with van der Waals surface area (Å²) in [5, 5.41) is 11.6. The summed E-state index contributed by atoms with van der Waals surface area (Å²) in [6, 6.07) is 14.6. The van der Waals surface area contributed by atoms with Gasteiger partial charge in [-0.1, -0.05) is 23.7 Å². The molecule has 0 saturated carbocycles. The number of hydrogen-bond acceptors (Lipinski definition) is 4. The fourth-order valence-electron chi connectivity index (χ4n) is 1.99. The number of anilines is 2. The van der Waals surface area contributed by atoms with Crippen molar-refractivity contribution in [2.45, 2.75) is 0 Å². The molecule has 2 aromatic carbocycles. The van der Waals surface area contributed by atoms with Gasteiger partial charge in [-0.25, -0.2) is 8.42 Å². The van der Waals surface area contributed by atoms with E-state index in [4.69, 9.17) is 16.9 Å². The number of rotatable bonds is 5. The van der Waals surface area contributed by atoms with Gasteiger partial charge >= 0.3 is 0 Å². The fourth-order valence-corrected chi connectivity index (χ4v) is 3.15. The Hall–Kier alpha value is -2.56. The number of halogens is 1. The number of carbonyl (C=O) groups is 1. The maximum atomic E-state index is 12.2. The summed E-state index contributed by atoms with van der Waals surface area (Å²) in [7, 11) is -3.69. The topological polar surface area (TPSA) is 90.3 Å². The van der Waals surface area contributed by atoms with E-state index in [0.717, 1.165) is 10.6 Å². The highest BCUT2D eigenvalue weighted by Crippen LogP contribution is 2.27. The van der Waals surface area contributed by atoms with Crippen molar-refractivity contribution in [3.05, 3.63) is 59.1 Å². The van der Waals surface area contributed by atoms with Crippen LogP contribution in [0.15, 0.2) is 48.5 Å². The van der Waals surface area contributed by atoms with Crippen LogP contribution in [0.5, 0.6) is 0 Å². The third kappa shape index (κ3) is 4.47. The molecule has 0 saturated heterocycles. The normalized spacial score (nSPS) is 10.7. The second-order valence-electron chi connectivity index (χ2n) is 4.96. The Morgan fingerprint density at radius 3 is 2.38 bits per heavy atom. The Kier molecular flexibility index (Phi) is 5.44. The van der Waals surface area contributed by atoms with Gasteiger partial charge in [0.15, 0.2) is 0 Å². The number of para-hydroxylation sites is 1. The lowest BCUT2D eigenvalue weighted by Crippen LogP contribution is -2.37. The zero-order valence-corrected chi connectivity index (χ0v) is 14.3. The van der Waals surface area contributed by atoms with E-state index in [1.165, 1.54) is 6.07 Å². The molecule has 2 rings (SSSR count). The van der Waals surface area contributed by atoms with Crippen molar-refractivity contribution in [2.24, 2.45) is 0 Å². The van der Waals surface area contributed by atoms with Crippen molar-refractivity contribution < 1.29 is 13.2 Å². The number of carbonyl (C=O) groups excluding carboxylic acids is 1. The third-order valence-electron chi connectivity index (χ3n) is 3.11. The van der Waals surface area contributed by atoms with E-state index in [1.807, 2.05) is 6.07 Å². The average Bonchev–Trinajstić information content (AvgIpc) is 2.53. The molecule has 0 atom stereocenters. The summed E-state index contributed by atoms with van der Waals surface area (Å²) >= 11 is 6.03. The molecule has 0 unspecified atom stereocenters. The zero-order chi connectivity index (χ0) is 17.7.